The van der Waals surface area contributed by atoms with Crippen molar-refractivity contribution in [2.24, 2.45) is 0 Å². The standard InChI is InChI=1S/C26H16ClF6N3O5/c1-2-40-22-10-14(8-15(13-34)24(37)35-18-5-3-4-16(11-18)25(28,29)30)9-19(27)23(22)41-21-7-6-17(26(31,32)33)12-20(21)36(38)39/h3-12H,2H2,1H3,(H,35,37)/b15-8+. The van der Waals surface area contributed by atoms with Gasteiger partial charge in [-0.25, -0.2) is 0 Å². The van der Waals surface area contributed by atoms with Crippen molar-refractivity contribution in [1.82, 2.24) is 0 Å². The van der Waals surface area contributed by atoms with Gasteiger partial charge in [-0.15, -0.1) is 0 Å². The summed E-state index contributed by atoms with van der Waals surface area (Å²) in [5.41, 5.74) is -3.96. The average molecular weight is 600 g/mol. The third kappa shape index (κ3) is 7.67. The zero-order valence-corrected chi connectivity index (χ0v) is 21.3. The van der Waals surface area contributed by atoms with Gasteiger partial charge in [0.25, 0.3) is 5.91 Å². The van der Waals surface area contributed by atoms with Crippen LogP contribution in [0.5, 0.6) is 17.2 Å². The summed E-state index contributed by atoms with van der Waals surface area (Å²) < 4.78 is 88.9. The molecule has 0 aliphatic heterocycles. The number of nitro groups is 1. The van der Waals surface area contributed by atoms with E-state index in [1.165, 1.54) is 18.2 Å². The normalized spacial score (nSPS) is 11.9. The lowest BCUT2D eigenvalue weighted by molar-refractivity contribution is -0.385. The lowest BCUT2D eigenvalue weighted by Gasteiger charge is -2.15. The van der Waals surface area contributed by atoms with Crippen molar-refractivity contribution >= 4 is 35.0 Å². The Kier molecular flexibility index (Phi) is 9.14. The zero-order chi connectivity index (χ0) is 30.5. The first kappa shape index (κ1) is 30.8. The lowest BCUT2D eigenvalue weighted by atomic mass is 10.1. The summed E-state index contributed by atoms with van der Waals surface area (Å²) in [6, 6.07) is 9.39. The Hall–Kier alpha value is -4.77. The van der Waals surface area contributed by atoms with Gasteiger partial charge in [0.1, 0.15) is 11.6 Å². The Bertz CT molecular complexity index is 1560. The summed E-state index contributed by atoms with van der Waals surface area (Å²) in [7, 11) is 0. The van der Waals surface area contributed by atoms with Crippen molar-refractivity contribution in [3.05, 3.63) is 92.0 Å². The van der Waals surface area contributed by atoms with Gasteiger partial charge in [0, 0.05) is 11.8 Å². The summed E-state index contributed by atoms with van der Waals surface area (Å²) in [4.78, 5) is 22.9. The van der Waals surface area contributed by atoms with Crippen molar-refractivity contribution in [2.75, 3.05) is 11.9 Å². The molecule has 0 saturated carbocycles. The molecule has 214 valence electrons. The number of nitrogens with one attached hydrogen (secondary N) is 1. The zero-order valence-electron chi connectivity index (χ0n) is 20.6. The van der Waals surface area contributed by atoms with Crippen LogP contribution in [-0.4, -0.2) is 17.4 Å². The fourth-order valence-corrected chi connectivity index (χ4v) is 3.61. The largest absolute Gasteiger partial charge is 0.490 e. The van der Waals surface area contributed by atoms with E-state index in [2.05, 4.69) is 5.32 Å². The van der Waals surface area contributed by atoms with Crippen molar-refractivity contribution < 1.29 is 45.5 Å². The molecule has 0 aromatic heterocycles. The topological polar surface area (TPSA) is 114 Å². The minimum Gasteiger partial charge on any atom is -0.490 e. The van der Waals surface area contributed by atoms with Crippen LogP contribution in [0.15, 0.2) is 60.2 Å². The highest BCUT2D eigenvalue weighted by atomic mass is 35.5. The van der Waals surface area contributed by atoms with Gasteiger partial charge in [-0.05, 0) is 61.0 Å². The quantitative estimate of drug-likeness (QED) is 0.0922. The average Bonchev–Trinajstić information content (AvgIpc) is 2.88. The molecular weight excluding hydrogens is 584 g/mol. The fourth-order valence-electron chi connectivity index (χ4n) is 3.35. The molecule has 0 bridgehead atoms. The minimum atomic E-state index is -4.85. The number of amides is 1. The Labute approximate surface area is 232 Å². The summed E-state index contributed by atoms with van der Waals surface area (Å²) >= 11 is 6.28. The number of nitriles is 1. The molecule has 0 unspecified atom stereocenters. The van der Waals surface area contributed by atoms with Crippen LogP contribution in [0.3, 0.4) is 0 Å². The molecule has 0 aliphatic rings. The first-order valence-corrected chi connectivity index (χ1v) is 11.6. The maximum atomic E-state index is 13.0. The van der Waals surface area contributed by atoms with E-state index >= 15 is 0 Å². The molecule has 0 radical (unpaired) electrons. The van der Waals surface area contributed by atoms with Gasteiger partial charge in [0.2, 0.25) is 5.75 Å². The molecule has 3 aromatic carbocycles. The molecule has 41 heavy (non-hydrogen) atoms. The van der Waals surface area contributed by atoms with Gasteiger partial charge >= 0.3 is 18.0 Å². The van der Waals surface area contributed by atoms with E-state index in [0.717, 1.165) is 24.3 Å². The van der Waals surface area contributed by atoms with E-state index in [0.29, 0.717) is 18.2 Å². The van der Waals surface area contributed by atoms with Crippen LogP contribution >= 0.6 is 11.6 Å². The summed E-state index contributed by atoms with van der Waals surface area (Å²) in [6.45, 7) is 1.57. The van der Waals surface area contributed by atoms with Gasteiger partial charge in [-0.1, -0.05) is 17.7 Å². The molecule has 0 aliphatic carbocycles. The van der Waals surface area contributed by atoms with Crippen LogP contribution in [-0.2, 0) is 17.1 Å². The molecule has 0 spiro atoms. The number of benzene rings is 3. The second-order valence-corrected chi connectivity index (χ2v) is 8.41. The number of alkyl halides is 6. The molecule has 0 saturated heterocycles. The number of hydrogen-bond acceptors (Lipinski definition) is 6. The highest BCUT2D eigenvalue weighted by Gasteiger charge is 2.34. The molecule has 0 fully saturated rings. The van der Waals surface area contributed by atoms with Crippen LogP contribution in [0, 0.1) is 21.4 Å². The maximum absolute atomic E-state index is 13.0. The first-order valence-electron chi connectivity index (χ1n) is 11.2. The van der Waals surface area contributed by atoms with E-state index in [4.69, 9.17) is 21.1 Å². The third-order valence-corrected chi connectivity index (χ3v) is 5.43. The van der Waals surface area contributed by atoms with E-state index in [1.807, 2.05) is 0 Å². The second kappa shape index (κ2) is 12.2. The lowest BCUT2D eigenvalue weighted by Crippen LogP contribution is -2.14. The SMILES string of the molecule is CCOc1cc(/C=C(\C#N)C(=O)Nc2cccc(C(F)(F)F)c2)cc(Cl)c1Oc1ccc(C(F)(F)F)cc1[N+](=O)[O-]. The Balaban J connectivity index is 1.97. The molecule has 1 amide bonds. The van der Waals surface area contributed by atoms with Crippen molar-refractivity contribution in [2.45, 2.75) is 19.3 Å². The molecule has 8 nitrogen and oxygen atoms in total. The predicted octanol–water partition coefficient (Wildman–Crippen LogP) is 8.02. The number of carbonyl (C=O) groups is 1. The molecule has 15 heteroatoms. The fraction of sp³-hybridized carbons (Fsp3) is 0.154. The third-order valence-electron chi connectivity index (χ3n) is 5.15. The van der Waals surface area contributed by atoms with Gasteiger partial charge in [-0.3, -0.25) is 14.9 Å². The van der Waals surface area contributed by atoms with E-state index in [9.17, 15) is 46.5 Å². The van der Waals surface area contributed by atoms with E-state index in [1.54, 1.807) is 13.0 Å². The molecule has 1 N–H and O–H groups in total. The monoisotopic (exact) mass is 599 g/mol. The number of nitro benzene ring substituents is 1. The highest BCUT2D eigenvalue weighted by Crippen LogP contribution is 2.44. The highest BCUT2D eigenvalue weighted by molar-refractivity contribution is 6.32. The van der Waals surface area contributed by atoms with Crippen LogP contribution in [0.25, 0.3) is 6.08 Å². The first-order chi connectivity index (χ1) is 19.1. The summed E-state index contributed by atoms with van der Waals surface area (Å²) in [5, 5.41) is 22.8. The summed E-state index contributed by atoms with van der Waals surface area (Å²) in [5.74, 6) is -2.06. The number of ether oxygens (including phenoxy) is 2. The van der Waals surface area contributed by atoms with Crippen molar-refractivity contribution in [3.8, 4) is 23.3 Å². The number of rotatable bonds is 8. The van der Waals surface area contributed by atoms with Crippen molar-refractivity contribution in [3.63, 3.8) is 0 Å². The van der Waals surface area contributed by atoms with Crippen LogP contribution in [0.1, 0.15) is 23.6 Å². The number of halogens is 7. The Morgan fingerprint density at radius 2 is 1.71 bits per heavy atom. The molecular formula is C26H16ClF6N3O5. The van der Waals surface area contributed by atoms with Crippen LogP contribution < -0.4 is 14.8 Å². The number of anilines is 1. The Morgan fingerprint density at radius 3 is 2.29 bits per heavy atom. The second-order valence-electron chi connectivity index (χ2n) is 8.00. The maximum Gasteiger partial charge on any atom is 0.416 e. The van der Waals surface area contributed by atoms with Crippen LogP contribution in [0.4, 0.5) is 37.7 Å². The van der Waals surface area contributed by atoms with Crippen molar-refractivity contribution in [1.29, 1.82) is 5.26 Å². The van der Waals surface area contributed by atoms with Gasteiger partial charge < -0.3 is 14.8 Å². The number of carbonyl (C=O) groups excluding carboxylic acids is 1. The van der Waals surface area contributed by atoms with E-state index in [-0.39, 0.29) is 34.4 Å². The van der Waals surface area contributed by atoms with E-state index < -0.39 is 51.3 Å². The van der Waals surface area contributed by atoms with Crippen LogP contribution in [0.2, 0.25) is 5.02 Å². The van der Waals surface area contributed by atoms with Gasteiger partial charge in [0.05, 0.1) is 27.7 Å². The molecule has 3 aromatic rings. The van der Waals surface area contributed by atoms with Gasteiger partial charge in [-0.2, -0.15) is 31.6 Å². The smallest absolute Gasteiger partial charge is 0.416 e. The predicted molar refractivity (Wildman–Crippen MR) is 134 cm³/mol. The number of nitrogens with zero attached hydrogens (tertiary/aromatic N) is 2. The molecule has 3 rings (SSSR count). The Morgan fingerprint density at radius 1 is 1.05 bits per heavy atom. The number of hydrogen-bond donors (Lipinski definition) is 1. The van der Waals surface area contributed by atoms with Gasteiger partial charge in [0.15, 0.2) is 11.5 Å². The molecule has 0 atom stereocenters. The molecule has 0 heterocycles. The summed E-state index contributed by atoms with van der Waals surface area (Å²) in [6.07, 6.45) is -8.47. The minimum absolute atomic E-state index is 0.0100.